The van der Waals surface area contributed by atoms with Gasteiger partial charge in [-0.2, -0.15) is 0 Å². The van der Waals surface area contributed by atoms with E-state index in [1.165, 1.54) is 5.57 Å². The lowest BCUT2D eigenvalue weighted by Gasteiger charge is -2.18. The first-order valence-electron chi connectivity index (χ1n) is 5.97. The molecule has 1 rings (SSSR count). The van der Waals surface area contributed by atoms with E-state index < -0.39 is 0 Å². The molecule has 15 heavy (non-hydrogen) atoms. The van der Waals surface area contributed by atoms with Crippen molar-refractivity contribution in [1.82, 2.24) is 0 Å². The molecule has 0 aromatic heterocycles. The average molecular weight is 212 g/mol. The van der Waals surface area contributed by atoms with Crippen LogP contribution in [0, 0.1) is 11.8 Å². The Morgan fingerprint density at radius 2 is 2.00 bits per heavy atom. The first-order chi connectivity index (χ1) is 7.00. The summed E-state index contributed by atoms with van der Waals surface area (Å²) in [5.74, 6) is 1.19. The van der Waals surface area contributed by atoms with E-state index in [2.05, 4.69) is 40.7 Å². The number of allylic oxidation sites excluding steroid dienone is 1. The minimum absolute atomic E-state index is 0.0984. The Morgan fingerprint density at radius 3 is 2.40 bits per heavy atom. The molecule has 0 bridgehead atoms. The van der Waals surface area contributed by atoms with Gasteiger partial charge in [0.15, 0.2) is 6.29 Å². The van der Waals surface area contributed by atoms with Crippen LogP contribution in [0.2, 0.25) is 0 Å². The van der Waals surface area contributed by atoms with Crippen LogP contribution >= 0.6 is 0 Å². The van der Waals surface area contributed by atoms with Gasteiger partial charge in [0.25, 0.3) is 0 Å². The smallest absolute Gasteiger partial charge is 0.180 e. The molecule has 0 N–H and O–H groups in total. The van der Waals surface area contributed by atoms with Gasteiger partial charge in [-0.3, -0.25) is 0 Å². The third kappa shape index (κ3) is 3.96. The topological polar surface area (TPSA) is 18.5 Å². The molecular formula is C13H24O2. The molecule has 0 aliphatic carbocycles. The van der Waals surface area contributed by atoms with Gasteiger partial charge in [0.1, 0.15) is 0 Å². The van der Waals surface area contributed by atoms with Crippen molar-refractivity contribution in [3.05, 3.63) is 11.6 Å². The number of hydrogen-bond acceptors (Lipinski definition) is 2. The van der Waals surface area contributed by atoms with Crippen molar-refractivity contribution in [2.45, 2.75) is 53.4 Å². The zero-order valence-electron chi connectivity index (χ0n) is 10.6. The molecule has 0 radical (unpaired) electrons. The lowest BCUT2D eigenvalue weighted by molar-refractivity contribution is -0.0308. The lowest BCUT2D eigenvalue weighted by atomic mass is 9.99. The van der Waals surface area contributed by atoms with Crippen molar-refractivity contribution in [3.8, 4) is 0 Å². The summed E-state index contributed by atoms with van der Waals surface area (Å²) >= 11 is 0. The Labute approximate surface area is 93.7 Å². The summed E-state index contributed by atoms with van der Waals surface area (Å²) in [6.45, 7) is 11.6. The second kappa shape index (κ2) is 5.66. The van der Waals surface area contributed by atoms with Crippen molar-refractivity contribution >= 4 is 0 Å². The quantitative estimate of drug-likeness (QED) is 0.665. The van der Waals surface area contributed by atoms with Gasteiger partial charge in [-0.1, -0.05) is 33.8 Å². The van der Waals surface area contributed by atoms with Gasteiger partial charge >= 0.3 is 0 Å². The number of hydrogen-bond donors (Lipinski definition) is 0. The predicted octanol–water partition coefficient (Wildman–Crippen LogP) is 3.38. The minimum Gasteiger partial charge on any atom is -0.346 e. The molecule has 0 saturated carbocycles. The zero-order chi connectivity index (χ0) is 11.4. The molecule has 2 heteroatoms. The van der Waals surface area contributed by atoms with Crippen molar-refractivity contribution in [2.24, 2.45) is 11.8 Å². The fourth-order valence-corrected chi connectivity index (χ4v) is 1.66. The molecule has 2 atom stereocenters. The molecule has 0 amide bonds. The van der Waals surface area contributed by atoms with E-state index in [0.29, 0.717) is 11.8 Å². The van der Waals surface area contributed by atoms with E-state index in [0.717, 1.165) is 13.0 Å². The molecule has 0 spiro atoms. The summed E-state index contributed by atoms with van der Waals surface area (Å²) in [5.41, 5.74) is 1.30. The molecule has 1 fully saturated rings. The molecule has 0 aromatic carbocycles. The number of ether oxygens (including phenoxy) is 2. The fraction of sp³-hybridized carbons (Fsp3) is 0.846. The standard InChI is InChI=1S/C13H24O2/c1-9(2)6-7-12(10(3)4)13-14-8-11(5)15-13/h7,9-11,13H,6,8H2,1-5H3/b12-7+/t11-,13-/m1/s1. The molecule has 0 aromatic rings. The highest BCUT2D eigenvalue weighted by atomic mass is 16.7. The normalized spacial score (nSPS) is 28.1. The first kappa shape index (κ1) is 12.7. The van der Waals surface area contributed by atoms with Gasteiger partial charge in [0.05, 0.1) is 12.7 Å². The van der Waals surface area contributed by atoms with Gasteiger partial charge in [0.2, 0.25) is 0 Å². The molecule has 1 aliphatic heterocycles. The molecule has 1 aliphatic rings. The lowest BCUT2D eigenvalue weighted by Crippen LogP contribution is -2.17. The van der Waals surface area contributed by atoms with Crippen LogP contribution in [0.15, 0.2) is 11.6 Å². The maximum atomic E-state index is 5.73. The summed E-state index contributed by atoms with van der Waals surface area (Å²) in [4.78, 5) is 0. The number of rotatable bonds is 4. The van der Waals surface area contributed by atoms with E-state index in [4.69, 9.17) is 9.47 Å². The molecular weight excluding hydrogens is 188 g/mol. The first-order valence-corrected chi connectivity index (χ1v) is 5.97. The van der Waals surface area contributed by atoms with E-state index in [9.17, 15) is 0 Å². The van der Waals surface area contributed by atoms with Gasteiger partial charge < -0.3 is 9.47 Å². The Kier molecular flexibility index (Phi) is 4.81. The Balaban J connectivity index is 2.61. The largest absolute Gasteiger partial charge is 0.346 e. The van der Waals surface area contributed by atoms with E-state index >= 15 is 0 Å². The second-order valence-electron chi connectivity index (χ2n) is 5.10. The van der Waals surface area contributed by atoms with Crippen LogP contribution in [-0.4, -0.2) is 19.0 Å². The van der Waals surface area contributed by atoms with Crippen LogP contribution in [0.5, 0.6) is 0 Å². The summed E-state index contributed by atoms with van der Waals surface area (Å²) in [5, 5.41) is 0. The maximum Gasteiger partial charge on any atom is 0.180 e. The van der Waals surface area contributed by atoms with Crippen LogP contribution in [-0.2, 0) is 9.47 Å². The molecule has 88 valence electrons. The van der Waals surface area contributed by atoms with Crippen molar-refractivity contribution < 1.29 is 9.47 Å². The summed E-state index contributed by atoms with van der Waals surface area (Å²) < 4.78 is 11.4. The maximum absolute atomic E-state index is 5.73. The molecule has 1 heterocycles. The van der Waals surface area contributed by atoms with Gasteiger partial charge in [0, 0.05) is 0 Å². The SMILES string of the molecule is CC(C)C/C=C(\C(C)C)[C@@H]1OC[C@@H](C)O1. The van der Waals surface area contributed by atoms with Crippen molar-refractivity contribution in [2.75, 3.05) is 6.61 Å². The highest BCUT2D eigenvalue weighted by molar-refractivity contribution is 5.09. The third-order valence-corrected chi connectivity index (χ3v) is 2.60. The second-order valence-corrected chi connectivity index (χ2v) is 5.10. The fourth-order valence-electron chi connectivity index (χ4n) is 1.66. The monoisotopic (exact) mass is 212 g/mol. The highest BCUT2D eigenvalue weighted by Crippen LogP contribution is 2.25. The molecule has 2 nitrogen and oxygen atoms in total. The summed E-state index contributed by atoms with van der Waals surface area (Å²) in [6.07, 6.45) is 3.53. The Morgan fingerprint density at radius 1 is 1.33 bits per heavy atom. The Bertz CT molecular complexity index is 219. The van der Waals surface area contributed by atoms with Gasteiger partial charge in [-0.05, 0) is 30.8 Å². The van der Waals surface area contributed by atoms with Crippen LogP contribution < -0.4 is 0 Å². The molecule has 0 unspecified atom stereocenters. The van der Waals surface area contributed by atoms with Gasteiger partial charge in [-0.25, -0.2) is 0 Å². The highest BCUT2D eigenvalue weighted by Gasteiger charge is 2.27. The average Bonchev–Trinajstić information content (AvgIpc) is 2.51. The van der Waals surface area contributed by atoms with Crippen molar-refractivity contribution in [1.29, 1.82) is 0 Å². The van der Waals surface area contributed by atoms with Crippen LogP contribution in [0.3, 0.4) is 0 Å². The Hall–Kier alpha value is -0.340. The van der Waals surface area contributed by atoms with Crippen LogP contribution in [0.4, 0.5) is 0 Å². The third-order valence-electron chi connectivity index (χ3n) is 2.60. The van der Waals surface area contributed by atoms with Gasteiger partial charge in [-0.15, -0.1) is 0 Å². The minimum atomic E-state index is -0.0984. The van der Waals surface area contributed by atoms with Crippen LogP contribution in [0.1, 0.15) is 41.0 Å². The van der Waals surface area contributed by atoms with E-state index in [-0.39, 0.29) is 12.4 Å². The zero-order valence-corrected chi connectivity index (χ0v) is 10.6. The summed E-state index contributed by atoms with van der Waals surface area (Å²) in [7, 11) is 0. The van der Waals surface area contributed by atoms with Crippen LogP contribution in [0.25, 0.3) is 0 Å². The predicted molar refractivity (Wildman–Crippen MR) is 62.7 cm³/mol. The van der Waals surface area contributed by atoms with Crippen molar-refractivity contribution in [3.63, 3.8) is 0 Å². The van der Waals surface area contributed by atoms with E-state index in [1.807, 2.05) is 0 Å². The molecule has 1 saturated heterocycles. The van der Waals surface area contributed by atoms with E-state index in [1.54, 1.807) is 0 Å². The summed E-state index contributed by atoms with van der Waals surface area (Å²) in [6, 6.07) is 0.